The Morgan fingerprint density at radius 2 is 1.74 bits per heavy atom. The van der Waals surface area contributed by atoms with Gasteiger partial charge in [-0.2, -0.15) is 0 Å². The van der Waals surface area contributed by atoms with Gasteiger partial charge in [-0.25, -0.2) is 4.57 Å². The molecule has 0 amide bonds. The van der Waals surface area contributed by atoms with Crippen LogP contribution in [0.1, 0.15) is 56.5 Å². The standard InChI is InChI=1S/C29H35N5O4/c1-29(2,37-17-19-9-12-21(35-3)13-10-19)28-32-25-26(30)31-18-34(27(25)33-28)16-20-11-14-23(36-4)24(15-20)38-22-7-5-6-8-22/h9-15,18,22H,5-8,16-17H2,1-4H3,(H2,30,32,33)/p+1. The second kappa shape index (κ2) is 10.9. The van der Waals surface area contributed by atoms with Crippen LogP contribution < -0.4 is 24.5 Å². The summed E-state index contributed by atoms with van der Waals surface area (Å²) in [5.41, 5.74) is 9.03. The first-order chi connectivity index (χ1) is 18.4. The van der Waals surface area contributed by atoms with Crippen LogP contribution in [0, 0.1) is 0 Å². The van der Waals surface area contributed by atoms with E-state index >= 15 is 0 Å². The summed E-state index contributed by atoms with van der Waals surface area (Å²) in [4.78, 5) is 12.7. The molecular formula is C29H36N5O4+. The highest BCUT2D eigenvalue weighted by molar-refractivity contribution is 5.79. The SMILES string of the molecule is COc1ccc(COC(C)(C)c2nc3c([nH]2)c(N)nc[n+]3Cc2ccc(OC)c(OC3CCCC3)c2)cc1. The lowest BCUT2D eigenvalue weighted by molar-refractivity contribution is -0.667. The predicted octanol–water partition coefficient (Wildman–Crippen LogP) is 4.67. The smallest absolute Gasteiger partial charge is 0.294 e. The Morgan fingerprint density at radius 3 is 2.45 bits per heavy atom. The summed E-state index contributed by atoms with van der Waals surface area (Å²) in [7, 11) is 3.32. The van der Waals surface area contributed by atoms with Crippen LogP contribution in [0.15, 0.2) is 48.8 Å². The van der Waals surface area contributed by atoms with Crippen molar-refractivity contribution in [3.8, 4) is 17.2 Å². The Morgan fingerprint density at radius 1 is 1.00 bits per heavy atom. The number of ether oxygens (including phenoxy) is 4. The molecule has 3 N–H and O–H groups in total. The molecule has 1 saturated carbocycles. The number of rotatable bonds is 10. The molecule has 5 rings (SSSR count). The Kier molecular flexibility index (Phi) is 7.37. The maximum atomic E-state index is 6.29. The number of nitrogens with one attached hydrogen (secondary N) is 1. The normalized spacial score (nSPS) is 14.2. The van der Waals surface area contributed by atoms with Crippen LogP contribution in [0.2, 0.25) is 0 Å². The molecule has 1 aliphatic carbocycles. The topological polar surface area (TPSA) is 108 Å². The molecule has 0 saturated heterocycles. The maximum Gasteiger partial charge on any atom is 0.294 e. The molecule has 0 radical (unpaired) electrons. The highest BCUT2D eigenvalue weighted by Gasteiger charge is 2.31. The summed E-state index contributed by atoms with van der Waals surface area (Å²) in [5, 5.41) is 0. The molecule has 0 bridgehead atoms. The summed E-state index contributed by atoms with van der Waals surface area (Å²) < 4.78 is 25.3. The Balaban J connectivity index is 1.38. The second-order valence-corrected chi connectivity index (χ2v) is 10.2. The van der Waals surface area contributed by atoms with Crippen molar-refractivity contribution < 1.29 is 23.5 Å². The average Bonchev–Trinajstić information content (AvgIpc) is 3.61. The number of imidazole rings is 1. The summed E-state index contributed by atoms with van der Waals surface area (Å²) in [6.07, 6.45) is 6.53. The molecule has 0 spiro atoms. The number of nitrogens with two attached hydrogens (primary N) is 1. The van der Waals surface area contributed by atoms with E-state index in [-0.39, 0.29) is 6.10 Å². The number of hydrogen-bond acceptors (Lipinski definition) is 7. The van der Waals surface area contributed by atoms with Gasteiger partial charge in [0.05, 0.1) is 33.5 Å². The molecule has 4 aromatic rings. The van der Waals surface area contributed by atoms with E-state index in [1.54, 1.807) is 20.5 Å². The van der Waals surface area contributed by atoms with Gasteiger partial charge in [0.2, 0.25) is 18.0 Å². The molecule has 2 aromatic carbocycles. The first-order valence-corrected chi connectivity index (χ1v) is 13.0. The number of hydrogen-bond donors (Lipinski definition) is 2. The van der Waals surface area contributed by atoms with Crippen molar-refractivity contribution in [2.45, 2.75) is 64.4 Å². The van der Waals surface area contributed by atoms with E-state index in [1.807, 2.05) is 60.9 Å². The summed E-state index contributed by atoms with van der Waals surface area (Å²) in [6, 6.07) is 13.9. The number of fused-ring (bicyclic) bond motifs is 1. The van der Waals surface area contributed by atoms with Gasteiger partial charge < -0.3 is 29.7 Å². The lowest BCUT2D eigenvalue weighted by Gasteiger charge is -2.21. The zero-order valence-corrected chi connectivity index (χ0v) is 22.5. The predicted molar refractivity (Wildman–Crippen MR) is 144 cm³/mol. The van der Waals surface area contributed by atoms with E-state index in [2.05, 4.69) is 9.97 Å². The molecule has 1 aliphatic rings. The number of methoxy groups -OCH3 is 2. The molecule has 0 aliphatic heterocycles. The van der Waals surface area contributed by atoms with Gasteiger partial charge in [-0.3, -0.25) is 0 Å². The minimum absolute atomic E-state index is 0.241. The first-order valence-electron chi connectivity index (χ1n) is 13.0. The van der Waals surface area contributed by atoms with Gasteiger partial charge in [0.15, 0.2) is 17.0 Å². The number of nitrogen functional groups attached to an aromatic ring is 1. The van der Waals surface area contributed by atoms with Gasteiger partial charge in [0.25, 0.3) is 5.65 Å². The number of anilines is 1. The molecular weight excluding hydrogens is 482 g/mol. The molecule has 1 fully saturated rings. The Labute approximate surface area is 222 Å². The van der Waals surface area contributed by atoms with Crippen molar-refractivity contribution in [1.82, 2.24) is 15.0 Å². The van der Waals surface area contributed by atoms with Gasteiger partial charge in [-0.1, -0.05) is 28.2 Å². The molecule has 0 atom stereocenters. The van der Waals surface area contributed by atoms with E-state index in [0.29, 0.717) is 36.0 Å². The fourth-order valence-electron chi connectivity index (χ4n) is 4.75. The van der Waals surface area contributed by atoms with E-state index in [0.717, 1.165) is 41.2 Å². The van der Waals surface area contributed by atoms with Gasteiger partial charge in [-0.15, -0.1) is 0 Å². The van der Waals surface area contributed by atoms with E-state index in [9.17, 15) is 0 Å². The lowest BCUT2D eigenvalue weighted by Crippen LogP contribution is -2.36. The van der Waals surface area contributed by atoms with Crippen molar-refractivity contribution in [1.29, 1.82) is 0 Å². The third-order valence-electron chi connectivity index (χ3n) is 7.05. The second-order valence-electron chi connectivity index (χ2n) is 10.2. The van der Waals surface area contributed by atoms with E-state index in [4.69, 9.17) is 29.7 Å². The van der Waals surface area contributed by atoms with Gasteiger partial charge in [0.1, 0.15) is 11.4 Å². The largest absolute Gasteiger partial charge is 0.497 e. The third-order valence-corrected chi connectivity index (χ3v) is 7.05. The maximum absolute atomic E-state index is 6.29. The molecule has 0 unspecified atom stereocenters. The van der Waals surface area contributed by atoms with Crippen molar-refractivity contribution in [2.75, 3.05) is 20.0 Å². The summed E-state index contributed by atoms with van der Waals surface area (Å²) >= 11 is 0. The van der Waals surface area contributed by atoms with Crippen molar-refractivity contribution in [3.63, 3.8) is 0 Å². The fourth-order valence-corrected chi connectivity index (χ4v) is 4.75. The van der Waals surface area contributed by atoms with Crippen LogP contribution in [0.4, 0.5) is 5.82 Å². The van der Waals surface area contributed by atoms with Crippen LogP contribution in [0.25, 0.3) is 11.2 Å². The minimum Gasteiger partial charge on any atom is -0.497 e. The van der Waals surface area contributed by atoms with Crippen LogP contribution >= 0.6 is 0 Å². The van der Waals surface area contributed by atoms with E-state index < -0.39 is 5.60 Å². The van der Waals surface area contributed by atoms with Crippen molar-refractivity contribution >= 4 is 17.0 Å². The Bertz CT molecular complexity index is 1390. The molecule has 200 valence electrons. The number of nitrogens with zero attached hydrogens (tertiary/aromatic N) is 3. The molecule has 2 heterocycles. The molecule has 38 heavy (non-hydrogen) atoms. The number of aromatic amines is 1. The molecule has 9 heteroatoms. The van der Waals surface area contributed by atoms with Crippen LogP contribution in [0.3, 0.4) is 0 Å². The van der Waals surface area contributed by atoms with Crippen molar-refractivity contribution in [3.05, 3.63) is 65.7 Å². The van der Waals surface area contributed by atoms with E-state index in [1.165, 1.54) is 12.8 Å². The van der Waals surface area contributed by atoms with Gasteiger partial charge in [-0.05, 0) is 74.9 Å². The highest BCUT2D eigenvalue weighted by atomic mass is 16.5. The van der Waals surface area contributed by atoms with Crippen molar-refractivity contribution in [2.24, 2.45) is 0 Å². The Hall–Kier alpha value is -3.85. The zero-order chi connectivity index (χ0) is 26.7. The van der Waals surface area contributed by atoms with Crippen LogP contribution in [-0.4, -0.2) is 35.3 Å². The van der Waals surface area contributed by atoms with Crippen LogP contribution in [0.5, 0.6) is 17.2 Å². The fraction of sp³-hybridized carbons (Fsp3) is 0.414. The monoisotopic (exact) mass is 518 g/mol. The number of benzene rings is 2. The zero-order valence-electron chi connectivity index (χ0n) is 22.5. The average molecular weight is 519 g/mol. The highest BCUT2D eigenvalue weighted by Crippen LogP contribution is 2.33. The summed E-state index contributed by atoms with van der Waals surface area (Å²) in [5.74, 6) is 3.39. The third kappa shape index (κ3) is 5.52. The van der Waals surface area contributed by atoms with Crippen LogP contribution in [-0.2, 0) is 23.5 Å². The lowest BCUT2D eigenvalue weighted by atomic mass is 10.1. The summed E-state index contributed by atoms with van der Waals surface area (Å²) in [6.45, 7) is 4.94. The van der Waals surface area contributed by atoms with Gasteiger partial charge >= 0.3 is 0 Å². The number of H-pyrrole nitrogens is 1. The first kappa shape index (κ1) is 25.8. The quantitative estimate of drug-likeness (QED) is 0.294. The minimum atomic E-state index is -0.689. The molecule has 2 aromatic heterocycles. The molecule has 9 nitrogen and oxygen atoms in total. The van der Waals surface area contributed by atoms with Gasteiger partial charge in [0, 0.05) is 0 Å². The number of aromatic nitrogens is 4.